The first-order valence-corrected chi connectivity index (χ1v) is 15.4. The number of nitrogens with zero attached hydrogens (tertiary/aromatic N) is 3. The molecule has 0 fully saturated rings. The predicted octanol–water partition coefficient (Wildman–Crippen LogP) is 8.02. The molecule has 0 radical (unpaired) electrons. The lowest BCUT2D eigenvalue weighted by Crippen LogP contribution is -2.35. The van der Waals surface area contributed by atoms with Crippen LogP contribution in [0.25, 0.3) is 6.08 Å². The zero-order valence-electron chi connectivity index (χ0n) is 22.3. The molecule has 10 heteroatoms. The molecule has 0 amide bonds. The van der Waals surface area contributed by atoms with Crippen molar-refractivity contribution in [3.05, 3.63) is 83.6 Å². The fourth-order valence-electron chi connectivity index (χ4n) is 3.60. The summed E-state index contributed by atoms with van der Waals surface area (Å²) in [5.74, 6) is 0.795. The van der Waals surface area contributed by atoms with Gasteiger partial charge in [-0.1, -0.05) is 78.0 Å². The van der Waals surface area contributed by atoms with Crippen LogP contribution in [0.4, 0.5) is 5.69 Å². The lowest BCUT2D eigenvalue weighted by atomic mass is 10.2. The second kappa shape index (κ2) is 14.3. The SMILES string of the molecule is CC.CCN(C)/C(=C/c1scc[n+]1Cc1c(Cl)cccc1Cl)S/C(C=O)=C1/Sc2cc(OC)ccc2N1C. The maximum Gasteiger partial charge on any atom is 0.264 e. The predicted molar refractivity (Wildman–Crippen MR) is 166 cm³/mol. The van der Waals surface area contributed by atoms with Crippen LogP contribution in [0.5, 0.6) is 5.75 Å². The van der Waals surface area contributed by atoms with E-state index in [1.54, 1.807) is 30.2 Å². The third-order valence-corrected chi connectivity index (χ3v) is 9.84. The van der Waals surface area contributed by atoms with Gasteiger partial charge >= 0.3 is 0 Å². The first kappa shape index (κ1) is 30.4. The van der Waals surface area contributed by atoms with Crippen molar-refractivity contribution in [3.63, 3.8) is 0 Å². The summed E-state index contributed by atoms with van der Waals surface area (Å²) in [5.41, 5.74) is 1.93. The minimum atomic E-state index is 0.555. The van der Waals surface area contributed by atoms with Gasteiger partial charge in [0.05, 0.1) is 54.8 Å². The third kappa shape index (κ3) is 6.90. The molecule has 4 rings (SSSR count). The molecule has 0 saturated heterocycles. The Morgan fingerprint density at radius 2 is 1.92 bits per heavy atom. The van der Waals surface area contributed by atoms with Crippen molar-refractivity contribution in [1.82, 2.24) is 4.90 Å². The molecule has 0 aliphatic carbocycles. The number of hydrogen-bond donors (Lipinski definition) is 0. The Balaban J connectivity index is 0.00000195. The van der Waals surface area contributed by atoms with Gasteiger partial charge in [-0.05, 0) is 37.3 Å². The smallest absolute Gasteiger partial charge is 0.264 e. The summed E-state index contributed by atoms with van der Waals surface area (Å²) in [6, 6.07) is 11.5. The highest BCUT2D eigenvalue weighted by Crippen LogP contribution is 2.49. The number of anilines is 1. The van der Waals surface area contributed by atoms with E-state index in [-0.39, 0.29) is 0 Å². The van der Waals surface area contributed by atoms with Gasteiger partial charge < -0.3 is 14.5 Å². The average Bonchev–Trinajstić information content (AvgIpc) is 3.52. The van der Waals surface area contributed by atoms with Gasteiger partial charge in [0, 0.05) is 25.5 Å². The molecule has 0 atom stereocenters. The van der Waals surface area contributed by atoms with Gasteiger partial charge in [0.15, 0.2) is 19.0 Å². The van der Waals surface area contributed by atoms with Crippen molar-refractivity contribution in [3.8, 4) is 5.75 Å². The second-order valence-corrected chi connectivity index (χ2v) is 11.8. The van der Waals surface area contributed by atoms with Crippen molar-refractivity contribution in [2.75, 3.05) is 32.6 Å². The van der Waals surface area contributed by atoms with Crippen LogP contribution in [0.2, 0.25) is 10.0 Å². The maximum absolute atomic E-state index is 12.3. The molecule has 1 aliphatic rings. The molecular formula is C28H32Cl2N3O2S3+. The number of hydrogen-bond acceptors (Lipinski definition) is 7. The lowest BCUT2D eigenvalue weighted by molar-refractivity contribution is -0.685. The Hall–Kier alpha value is -2.10. The van der Waals surface area contributed by atoms with E-state index < -0.39 is 0 Å². The molecule has 2 aromatic carbocycles. The summed E-state index contributed by atoms with van der Waals surface area (Å²) in [5, 5.41) is 6.22. The molecular weight excluding hydrogens is 577 g/mol. The minimum Gasteiger partial charge on any atom is -0.497 e. The number of methoxy groups -OCH3 is 1. The van der Waals surface area contributed by atoms with Crippen molar-refractivity contribution in [2.45, 2.75) is 32.2 Å². The van der Waals surface area contributed by atoms with Crippen LogP contribution in [0.15, 0.2) is 67.8 Å². The van der Waals surface area contributed by atoms with E-state index >= 15 is 0 Å². The highest BCUT2D eigenvalue weighted by Gasteiger charge is 2.27. The van der Waals surface area contributed by atoms with E-state index in [1.165, 1.54) is 11.8 Å². The standard InChI is InChI=1S/C26H26Cl2N3O2S3.C2H6/c1-5-29(2)24(14-25-31(11-12-34-25)15-18-19(27)7-6-8-20(18)28)35-23(16-32)26-30(3)21-10-9-17(33-4)13-22(21)36-26;1-2/h6-14,16H,5,15H2,1-4H3;1-2H3/q+1;/b26-23+;. The zero-order valence-corrected chi connectivity index (χ0v) is 26.3. The molecule has 5 nitrogen and oxygen atoms in total. The van der Waals surface area contributed by atoms with Gasteiger partial charge in [-0.15, -0.1) is 0 Å². The van der Waals surface area contributed by atoms with Gasteiger partial charge in [-0.3, -0.25) is 4.79 Å². The fourth-order valence-corrected chi connectivity index (χ4v) is 7.26. The first-order chi connectivity index (χ1) is 18.4. The number of thiazole rings is 1. The molecule has 38 heavy (non-hydrogen) atoms. The molecule has 202 valence electrons. The molecule has 0 saturated carbocycles. The zero-order chi connectivity index (χ0) is 27.8. The van der Waals surface area contributed by atoms with Gasteiger partial charge in [0.2, 0.25) is 0 Å². The van der Waals surface area contributed by atoms with Crippen molar-refractivity contribution >= 4 is 76.1 Å². The number of aromatic nitrogens is 1. The Bertz CT molecular complexity index is 1320. The number of halogens is 2. The van der Waals surface area contributed by atoms with E-state index in [1.807, 2.05) is 75.9 Å². The number of aldehydes is 1. The van der Waals surface area contributed by atoms with Crippen LogP contribution in [-0.2, 0) is 11.3 Å². The van der Waals surface area contributed by atoms with Gasteiger partial charge in [0.25, 0.3) is 5.01 Å². The Morgan fingerprint density at radius 1 is 1.21 bits per heavy atom. The van der Waals surface area contributed by atoms with E-state index in [2.05, 4.69) is 27.4 Å². The van der Waals surface area contributed by atoms with Crippen molar-refractivity contribution < 1.29 is 14.1 Å². The molecule has 0 spiro atoms. The van der Waals surface area contributed by atoms with Gasteiger partial charge in [-0.2, -0.15) is 4.57 Å². The summed E-state index contributed by atoms with van der Waals surface area (Å²) in [6.07, 6.45) is 5.08. The second-order valence-electron chi connectivity index (χ2n) is 7.95. The monoisotopic (exact) mass is 608 g/mol. The Kier molecular flexibility index (Phi) is 11.5. The molecule has 2 heterocycles. The summed E-state index contributed by atoms with van der Waals surface area (Å²) in [4.78, 5) is 18.2. The Labute approximate surface area is 248 Å². The van der Waals surface area contributed by atoms with Crippen LogP contribution >= 0.6 is 58.1 Å². The fraction of sp³-hybridized carbons (Fsp3) is 0.286. The number of ether oxygens (including phenoxy) is 1. The van der Waals surface area contributed by atoms with Crippen LogP contribution in [0.3, 0.4) is 0 Å². The summed E-state index contributed by atoms with van der Waals surface area (Å²) >= 11 is 17.5. The molecule has 1 aliphatic heterocycles. The lowest BCUT2D eigenvalue weighted by Gasteiger charge is -2.21. The molecule has 3 aromatic rings. The number of allylic oxidation sites excluding steroid dienone is 1. The van der Waals surface area contributed by atoms with E-state index in [9.17, 15) is 4.79 Å². The maximum atomic E-state index is 12.3. The van der Waals surface area contributed by atoms with E-state index in [0.29, 0.717) is 21.5 Å². The number of fused-ring (bicyclic) bond motifs is 1. The minimum absolute atomic E-state index is 0.555. The van der Waals surface area contributed by atoms with Crippen molar-refractivity contribution in [2.24, 2.45) is 0 Å². The van der Waals surface area contributed by atoms with Crippen LogP contribution in [0, 0.1) is 0 Å². The highest BCUT2D eigenvalue weighted by molar-refractivity contribution is 8.09. The largest absolute Gasteiger partial charge is 0.497 e. The normalized spacial score (nSPS) is 14.0. The summed E-state index contributed by atoms with van der Waals surface area (Å²) in [6.45, 7) is 7.44. The average molecular weight is 610 g/mol. The highest BCUT2D eigenvalue weighted by atomic mass is 35.5. The van der Waals surface area contributed by atoms with Crippen molar-refractivity contribution in [1.29, 1.82) is 0 Å². The number of thioether (sulfide) groups is 2. The first-order valence-electron chi connectivity index (χ1n) is 12.2. The number of rotatable bonds is 9. The topological polar surface area (TPSA) is 36.7 Å². The Morgan fingerprint density at radius 3 is 2.55 bits per heavy atom. The molecule has 0 unspecified atom stereocenters. The van der Waals surface area contributed by atoms with Gasteiger partial charge in [-0.25, -0.2) is 0 Å². The molecule has 1 aromatic heterocycles. The molecule has 0 bridgehead atoms. The van der Waals surface area contributed by atoms with E-state index in [4.69, 9.17) is 27.9 Å². The van der Waals surface area contributed by atoms with Crippen LogP contribution in [-0.4, -0.2) is 38.9 Å². The third-order valence-electron chi connectivity index (χ3n) is 5.77. The summed E-state index contributed by atoms with van der Waals surface area (Å²) < 4.78 is 7.50. The quantitative estimate of drug-likeness (QED) is 0.139. The summed E-state index contributed by atoms with van der Waals surface area (Å²) in [7, 11) is 5.67. The van der Waals surface area contributed by atoms with E-state index in [0.717, 1.165) is 49.8 Å². The number of carbonyl (C=O) groups is 1. The van der Waals surface area contributed by atoms with Gasteiger partial charge in [0.1, 0.15) is 5.75 Å². The molecule has 0 N–H and O–H groups in total. The number of carbonyl (C=O) groups excluding carboxylic acids is 1. The van der Waals surface area contributed by atoms with Crippen LogP contribution < -0.4 is 14.2 Å². The number of benzene rings is 2. The van der Waals surface area contributed by atoms with Crippen LogP contribution in [0.1, 0.15) is 31.3 Å².